The summed E-state index contributed by atoms with van der Waals surface area (Å²) in [6, 6.07) is 5.04. The number of rotatable bonds is 6. The molecule has 0 saturated carbocycles. The molecule has 1 aromatic rings. The van der Waals surface area contributed by atoms with Crippen molar-refractivity contribution in [2.24, 2.45) is 0 Å². The highest BCUT2D eigenvalue weighted by molar-refractivity contribution is 5.97. The minimum atomic E-state index is -1.20. The minimum absolute atomic E-state index is 0.179. The predicted molar refractivity (Wildman–Crippen MR) is 79.6 cm³/mol. The second-order valence-corrected chi connectivity index (χ2v) is 4.54. The number of nitro groups is 1. The van der Waals surface area contributed by atoms with Crippen LogP contribution in [0.5, 0.6) is 0 Å². The van der Waals surface area contributed by atoms with Gasteiger partial charge < -0.3 is 10.1 Å². The summed E-state index contributed by atoms with van der Waals surface area (Å²) in [6.45, 7) is 3.32. The van der Waals surface area contributed by atoms with E-state index < -0.39 is 28.9 Å². The van der Waals surface area contributed by atoms with E-state index in [0.29, 0.717) is 6.54 Å². The molecule has 0 aromatic heterocycles. The molecule has 0 fully saturated rings. The summed E-state index contributed by atoms with van der Waals surface area (Å²) < 4.78 is 4.88. The van der Waals surface area contributed by atoms with E-state index in [4.69, 9.17) is 4.74 Å². The molecule has 0 heterocycles. The maximum absolute atomic E-state index is 11.8. The van der Waals surface area contributed by atoms with E-state index in [1.807, 2.05) is 5.32 Å². The maximum atomic E-state index is 11.8. The molecule has 0 radical (unpaired) electrons. The van der Waals surface area contributed by atoms with Gasteiger partial charge in [0.15, 0.2) is 6.10 Å². The minimum Gasteiger partial charge on any atom is -0.452 e. The van der Waals surface area contributed by atoms with Crippen LogP contribution in [0.25, 0.3) is 0 Å². The van der Waals surface area contributed by atoms with Gasteiger partial charge in [0.05, 0.1) is 11.3 Å². The van der Waals surface area contributed by atoms with Crippen molar-refractivity contribution < 1.29 is 24.0 Å². The molecular weight excluding hydrogens is 306 g/mol. The third-order valence-corrected chi connectivity index (χ3v) is 2.77. The van der Waals surface area contributed by atoms with Gasteiger partial charge in [-0.1, -0.05) is 18.2 Å². The molecule has 1 aromatic carbocycles. The molecule has 23 heavy (non-hydrogen) atoms. The molecule has 0 aliphatic heterocycles. The van der Waals surface area contributed by atoms with E-state index in [2.05, 4.69) is 5.32 Å². The van der Waals surface area contributed by atoms with Crippen LogP contribution in [0.15, 0.2) is 24.3 Å². The molecule has 124 valence electrons. The Morgan fingerprint density at radius 2 is 1.96 bits per heavy atom. The Kier molecular flexibility index (Phi) is 6.66. The Bertz CT molecular complexity index is 616. The van der Waals surface area contributed by atoms with E-state index in [1.165, 1.54) is 25.1 Å². The van der Waals surface area contributed by atoms with Crippen molar-refractivity contribution in [1.82, 2.24) is 10.6 Å². The Balaban J connectivity index is 2.61. The Labute approximate surface area is 132 Å². The summed E-state index contributed by atoms with van der Waals surface area (Å²) in [5.74, 6) is -1.59. The summed E-state index contributed by atoms with van der Waals surface area (Å²) in [5.41, 5.74) is -0.0253. The fourth-order valence-electron chi connectivity index (χ4n) is 1.70. The van der Waals surface area contributed by atoms with Crippen LogP contribution in [-0.4, -0.2) is 35.5 Å². The number of carbonyl (C=O) groups is 3. The summed E-state index contributed by atoms with van der Waals surface area (Å²) in [7, 11) is 0. The van der Waals surface area contributed by atoms with Crippen molar-refractivity contribution in [2.45, 2.75) is 26.4 Å². The average Bonchev–Trinajstić information content (AvgIpc) is 2.47. The molecule has 0 saturated heterocycles. The second kappa shape index (κ2) is 8.47. The van der Waals surface area contributed by atoms with E-state index in [1.54, 1.807) is 13.0 Å². The molecule has 1 rings (SSSR count). The predicted octanol–water partition coefficient (Wildman–Crippen LogP) is 0.915. The van der Waals surface area contributed by atoms with E-state index >= 15 is 0 Å². The Morgan fingerprint density at radius 3 is 2.57 bits per heavy atom. The van der Waals surface area contributed by atoms with Crippen LogP contribution in [0, 0.1) is 10.1 Å². The molecular formula is C14H17N3O6. The molecule has 0 bridgehead atoms. The van der Waals surface area contributed by atoms with Gasteiger partial charge in [0.1, 0.15) is 0 Å². The lowest BCUT2D eigenvalue weighted by atomic mass is 10.1. The zero-order chi connectivity index (χ0) is 17.4. The number of nitrogens with one attached hydrogen (secondary N) is 2. The molecule has 0 spiro atoms. The van der Waals surface area contributed by atoms with E-state index in [-0.39, 0.29) is 17.7 Å². The van der Waals surface area contributed by atoms with Gasteiger partial charge in [-0.2, -0.15) is 0 Å². The average molecular weight is 323 g/mol. The molecule has 0 aliphatic rings. The zero-order valence-corrected chi connectivity index (χ0v) is 12.7. The standard InChI is InChI=1S/C14H17N3O6/c1-3-15-14(20)16-13(19)9(2)23-12(18)8-10-6-4-5-7-11(10)17(21)22/h4-7,9H,3,8H2,1-2H3,(H2,15,16,19,20). The van der Waals surface area contributed by atoms with Gasteiger partial charge in [-0.05, 0) is 13.8 Å². The number of benzene rings is 1. The third kappa shape index (κ3) is 5.73. The Morgan fingerprint density at radius 1 is 1.30 bits per heavy atom. The number of hydrogen-bond donors (Lipinski definition) is 2. The number of carbonyl (C=O) groups excluding carboxylic acids is 3. The number of nitro benzene ring substituents is 1. The highest BCUT2D eigenvalue weighted by Crippen LogP contribution is 2.18. The van der Waals surface area contributed by atoms with Gasteiger partial charge in [0.2, 0.25) is 0 Å². The van der Waals surface area contributed by atoms with Crippen LogP contribution >= 0.6 is 0 Å². The van der Waals surface area contributed by atoms with Gasteiger partial charge in [-0.15, -0.1) is 0 Å². The first kappa shape index (κ1) is 18.1. The quantitative estimate of drug-likeness (QED) is 0.455. The molecule has 2 N–H and O–H groups in total. The van der Waals surface area contributed by atoms with Gasteiger partial charge in [0.25, 0.3) is 11.6 Å². The smallest absolute Gasteiger partial charge is 0.321 e. The lowest BCUT2D eigenvalue weighted by Crippen LogP contribution is -2.44. The number of imide groups is 1. The molecule has 1 atom stereocenters. The van der Waals surface area contributed by atoms with Gasteiger partial charge in [-0.25, -0.2) is 4.79 Å². The fourth-order valence-corrected chi connectivity index (χ4v) is 1.70. The van der Waals surface area contributed by atoms with Crippen LogP contribution in [-0.2, 0) is 20.7 Å². The van der Waals surface area contributed by atoms with Crippen molar-refractivity contribution in [3.05, 3.63) is 39.9 Å². The van der Waals surface area contributed by atoms with Crippen LogP contribution in [0.3, 0.4) is 0 Å². The first-order chi connectivity index (χ1) is 10.8. The lowest BCUT2D eigenvalue weighted by Gasteiger charge is -2.13. The highest BCUT2D eigenvalue weighted by atomic mass is 16.6. The monoisotopic (exact) mass is 323 g/mol. The van der Waals surface area contributed by atoms with Crippen LogP contribution in [0.2, 0.25) is 0 Å². The van der Waals surface area contributed by atoms with Crippen molar-refractivity contribution in [3.8, 4) is 0 Å². The van der Waals surface area contributed by atoms with Crippen molar-refractivity contribution in [2.75, 3.05) is 6.54 Å². The first-order valence-electron chi connectivity index (χ1n) is 6.85. The first-order valence-corrected chi connectivity index (χ1v) is 6.85. The molecule has 3 amide bonds. The number of nitrogens with zero attached hydrogens (tertiary/aromatic N) is 1. The number of para-hydroxylation sites is 1. The SMILES string of the molecule is CCNC(=O)NC(=O)C(C)OC(=O)Cc1ccccc1[N+](=O)[O-]. The van der Waals surface area contributed by atoms with E-state index in [0.717, 1.165) is 0 Å². The van der Waals surface area contributed by atoms with Gasteiger partial charge >= 0.3 is 12.0 Å². The summed E-state index contributed by atoms with van der Waals surface area (Å²) in [5, 5.41) is 15.2. The van der Waals surface area contributed by atoms with Crippen molar-refractivity contribution in [3.63, 3.8) is 0 Å². The van der Waals surface area contributed by atoms with Crippen LogP contribution in [0.1, 0.15) is 19.4 Å². The third-order valence-electron chi connectivity index (χ3n) is 2.77. The number of ether oxygens (including phenoxy) is 1. The van der Waals surface area contributed by atoms with Gasteiger partial charge in [0, 0.05) is 18.2 Å². The van der Waals surface area contributed by atoms with Crippen LogP contribution < -0.4 is 10.6 Å². The number of esters is 1. The highest BCUT2D eigenvalue weighted by Gasteiger charge is 2.22. The molecule has 9 heteroatoms. The number of hydrogen-bond acceptors (Lipinski definition) is 6. The topological polar surface area (TPSA) is 128 Å². The number of amides is 3. The van der Waals surface area contributed by atoms with Crippen molar-refractivity contribution in [1.29, 1.82) is 0 Å². The Hall–Kier alpha value is -2.97. The largest absolute Gasteiger partial charge is 0.452 e. The summed E-state index contributed by atoms with van der Waals surface area (Å²) in [6.07, 6.45) is -1.55. The summed E-state index contributed by atoms with van der Waals surface area (Å²) in [4.78, 5) is 44.9. The zero-order valence-electron chi connectivity index (χ0n) is 12.7. The maximum Gasteiger partial charge on any atom is 0.321 e. The fraction of sp³-hybridized carbons (Fsp3) is 0.357. The second-order valence-electron chi connectivity index (χ2n) is 4.54. The lowest BCUT2D eigenvalue weighted by molar-refractivity contribution is -0.385. The van der Waals surface area contributed by atoms with Crippen molar-refractivity contribution >= 4 is 23.6 Å². The van der Waals surface area contributed by atoms with Crippen LogP contribution in [0.4, 0.5) is 10.5 Å². The number of urea groups is 1. The molecule has 0 aliphatic carbocycles. The van der Waals surface area contributed by atoms with E-state index in [9.17, 15) is 24.5 Å². The normalized spacial score (nSPS) is 11.2. The van der Waals surface area contributed by atoms with Gasteiger partial charge in [-0.3, -0.25) is 25.0 Å². The summed E-state index contributed by atoms with van der Waals surface area (Å²) >= 11 is 0. The molecule has 9 nitrogen and oxygen atoms in total. The molecule has 1 unspecified atom stereocenters.